The summed E-state index contributed by atoms with van der Waals surface area (Å²) in [5.74, 6) is 1.03. The maximum absolute atomic E-state index is 9.61. The van der Waals surface area contributed by atoms with Gasteiger partial charge in [-0.3, -0.25) is 0 Å². The Kier molecular flexibility index (Phi) is 4.00. The minimum atomic E-state index is -0.413. The van der Waals surface area contributed by atoms with Crippen molar-refractivity contribution in [2.75, 3.05) is 11.4 Å². The van der Waals surface area contributed by atoms with Crippen molar-refractivity contribution < 1.29 is 5.11 Å². The average Bonchev–Trinajstić information content (AvgIpc) is 3.14. The van der Waals surface area contributed by atoms with Gasteiger partial charge in [0.2, 0.25) is 0 Å². The van der Waals surface area contributed by atoms with Crippen molar-refractivity contribution >= 4 is 5.82 Å². The molecule has 3 nitrogen and oxygen atoms in total. The molecular formula is C14H22N2O. The first kappa shape index (κ1) is 12.4. The second kappa shape index (κ2) is 5.50. The molecule has 1 fully saturated rings. The molecule has 1 aromatic heterocycles. The fraction of sp³-hybridized carbons (Fsp3) is 0.643. The monoisotopic (exact) mass is 234 g/mol. The number of hydrogen-bond acceptors (Lipinski definition) is 3. The van der Waals surface area contributed by atoms with Gasteiger partial charge in [-0.2, -0.15) is 0 Å². The standard InChI is InChI=1S/C14H22N2O/c1-3-4-9-16(13-5-6-13)14-10-12(11(2)17)7-8-15-14/h7-8,10-11,13,17H,3-6,9H2,1-2H3/t11-/m0/s1. The van der Waals surface area contributed by atoms with Gasteiger partial charge in [-0.05, 0) is 43.9 Å². The van der Waals surface area contributed by atoms with E-state index < -0.39 is 6.10 Å². The van der Waals surface area contributed by atoms with Crippen LogP contribution in [-0.2, 0) is 0 Å². The second-order valence-electron chi connectivity index (χ2n) is 4.90. The Morgan fingerprint density at radius 2 is 2.29 bits per heavy atom. The summed E-state index contributed by atoms with van der Waals surface area (Å²) in [6.45, 7) is 5.09. The van der Waals surface area contributed by atoms with Crippen LogP contribution in [0.3, 0.4) is 0 Å². The summed E-state index contributed by atoms with van der Waals surface area (Å²) < 4.78 is 0. The second-order valence-corrected chi connectivity index (χ2v) is 4.90. The Labute approximate surface area is 103 Å². The number of anilines is 1. The van der Waals surface area contributed by atoms with Crippen molar-refractivity contribution in [2.45, 2.75) is 51.7 Å². The Morgan fingerprint density at radius 3 is 2.88 bits per heavy atom. The van der Waals surface area contributed by atoms with Crippen LogP contribution >= 0.6 is 0 Å². The highest BCUT2D eigenvalue weighted by Gasteiger charge is 2.29. The molecule has 17 heavy (non-hydrogen) atoms. The van der Waals surface area contributed by atoms with Crippen LogP contribution in [0.1, 0.15) is 51.2 Å². The number of hydrogen-bond donors (Lipinski definition) is 1. The van der Waals surface area contributed by atoms with E-state index in [4.69, 9.17) is 0 Å². The van der Waals surface area contributed by atoms with Crippen molar-refractivity contribution in [3.63, 3.8) is 0 Å². The summed E-state index contributed by atoms with van der Waals surface area (Å²) in [5, 5.41) is 9.61. The van der Waals surface area contributed by atoms with Crippen molar-refractivity contribution in [3.8, 4) is 0 Å². The summed E-state index contributed by atoms with van der Waals surface area (Å²) in [5.41, 5.74) is 0.956. The molecule has 0 unspecified atom stereocenters. The number of pyridine rings is 1. The van der Waals surface area contributed by atoms with Gasteiger partial charge in [0, 0.05) is 18.8 Å². The van der Waals surface area contributed by atoms with Crippen molar-refractivity contribution in [1.82, 2.24) is 4.98 Å². The normalized spacial score (nSPS) is 16.9. The molecule has 94 valence electrons. The highest BCUT2D eigenvalue weighted by atomic mass is 16.3. The lowest BCUT2D eigenvalue weighted by atomic mass is 10.1. The van der Waals surface area contributed by atoms with Crippen molar-refractivity contribution in [1.29, 1.82) is 0 Å². The predicted octanol–water partition coefficient (Wildman–Crippen LogP) is 2.90. The Bertz CT molecular complexity index is 361. The van der Waals surface area contributed by atoms with E-state index in [1.807, 2.05) is 12.1 Å². The molecule has 0 radical (unpaired) electrons. The van der Waals surface area contributed by atoms with Crippen molar-refractivity contribution in [3.05, 3.63) is 23.9 Å². The number of aliphatic hydroxyl groups excluding tert-OH is 1. The molecule has 3 heteroatoms. The Balaban J connectivity index is 2.14. The molecule has 1 aliphatic carbocycles. The van der Waals surface area contributed by atoms with Crippen LogP contribution in [0.2, 0.25) is 0 Å². The predicted molar refractivity (Wildman–Crippen MR) is 70.1 cm³/mol. The third-order valence-electron chi connectivity index (χ3n) is 3.29. The van der Waals surface area contributed by atoms with E-state index in [9.17, 15) is 5.11 Å². The maximum Gasteiger partial charge on any atom is 0.129 e. The SMILES string of the molecule is CCCCN(c1cc([C@H](C)O)ccn1)C1CC1. The zero-order valence-electron chi connectivity index (χ0n) is 10.8. The molecule has 1 N–H and O–H groups in total. The molecular weight excluding hydrogens is 212 g/mol. The van der Waals surface area contributed by atoms with Gasteiger partial charge in [0.05, 0.1) is 6.10 Å². The van der Waals surface area contributed by atoms with Crippen LogP contribution in [0.25, 0.3) is 0 Å². The molecule has 2 rings (SSSR count). The summed E-state index contributed by atoms with van der Waals surface area (Å²) >= 11 is 0. The smallest absolute Gasteiger partial charge is 0.129 e. The first-order valence-electron chi connectivity index (χ1n) is 6.63. The fourth-order valence-corrected chi connectivity index (χ4v) is 2.05. The minimum Gasteiger partial charge on any atom is -0.389 e. The van der Waals surface area contributed by atoms with E-state index >= 15 is 0 Å². The van der Waals surface area contributed by atoms with Crippen LogP contribution in [0.4, 0.5) is 5.82 Å². The fourth-order valence-electron chi connectivity index (χ4n) is 2.05. The number of aliphatic hydroxyl groups is 1. The van der Waals surface area contributed by atoms with Gasteiger partial charge in [0.15, 0.2) is 0 Å². The zero-order chi connectivity index (χ0) is 12.3. The molecule has 0 bridgehead atoms. The average molecular weight is 234 g/mol. The summed E-state index contributed by atoms with van der Waals surface area (Å²) in [4.78, 5) is 6.85. The molecule has 1 aliphatic rings. The van der Waals surface area contributed by atoms with Gasteiger partial charge in [0.25, 0.3) is 0 Å². The lowest BCUT2D eigenvalue weighted by molar-refractivity contribution is 0.199. The largest absolute Gasteiger partial charge is 0.389 e. The molecule has 1 saturated carbocycles. The molecule has 1 heterocycles. The van der Waals surface area contributed by atoms with Gasteiger partial charge >= 0.3 is 0 Å². The topological polar surface area (TPSA) is 36.4 Å². The van der Waals surface area contributed by atoms with E-state index in [1.54, 1.807) is 13.1 Å². The molecule has 1 atom stereocenters. The summed E-state index contributed by atoms with van der Waals surface area (Å²) in [7, 11) is 0. The van der Waals surface area contributed by atoms with Gasteiger partial charge in [-0.15, -0.1) is 0 Å². The first-order valence-corrected chi connectivity index (χ1v) is 6.63. The number of aromatic nitrogens is 1. The lowest BCUT2D eigenvalue weighted by Crippen LogP contribution is -2.27. The van der Waals surface area contributed by atoms with Crippen LogP contribution in [0.5, 0.6) is 0 Å². The third-order valence-corrected chi connectivity index (χ3v) is 3.29. The molecule has 1 aromatic rings. The molecule has 0 aliphatic heterocycles. The number of rotatable bonds is 6. The Morgan fingerprint density at radius 1 is 1.53 bits per heavy atom. The van der Waals surface area contributed by atoms with Gasteiger partial charge in [-0.1, -0.05) is 13.3 Å². The van der Waals surface area contributed by atoms with Gasteiger partial charge < -0.3 is 10.0 Å². The minimum absolute atomic E-state index is 0.413. The van der Waals surface area contributed by atoms with Crippen LogP contribution in [-0.4, -0.2) is 22.7 Å². The number of unbranched alkanes of at least 4 members (excludes halogenated alkanes) is 1. The van der Waals surface area contributed by atoms with E-state index in [1.165, 1.54) is 25.7 Å². The molecule has 0 aromatic carbocycles. The van der Waals surface area contributed by atoms with E-state index in [2.05, 4.69) is 16.8 Å². The maximum atomic E-state index is 9.61. The molecule has 0 amide bonds. The third kappa shape index (κ3) is 3.19. The molecule has 0 saturated heterocycles. The van der Waals surface area contributed by atoms with Crippen LogP contribution in [0, 0.1) is 0 Å². The Hall–Kier alpha value is -1.09. The lowest BCUT2D eigenvalue weighted by Gasteiger charge is -2.24. The van der Waals surface area contributed by atoms with Crippen LogP contribution in [0.15, 0.2) is 18.3 Å². The quantitative estimate of drug-likeness (QED) is 0.822. The summed E-state index contributed by atoms with van der Waals surface area (Å²) in [6, 6.07) is 4.59. The van der Waals surface area contributed by atoms with E-state index in [0.29, 0.717) is 6.04 Å². The van der Waals surface area contributed by atoms with Crippen LogP contribution < -0.4 is 4.90 Å². The van der Waals surface area contributed by atoms with Gasteiger partial charge in [-0.25, -0.2) is 4.98 Å². The van der Waals surface area contributed by atoms with E-state index in [-0.39, 0.29) is 0 Å². The first-order chi connectivity index (χ1) is 8.22. The zero-order valence-corrected chi connectivity index (χ0v) is 10.8. The van der Waals surface area contributed by atoms with Gasteiger partial charge in [0.1, 0.15) is 5.82 Å². The number of nitrogens with zero attached hydrogens (tertiary/aromatic N) is 2. The van der Waals surface area contributed by atoms with Crippen molar-refractivity contribution in [2.24, 2.45) is 0 Å². The highest BCUT2D eigenvalue weighted by molar-refractivity contribution is 5.44. The van der Waals surface area contributed by atoms with E-state index in [0.717, 1.165) is 17.9 Å². The summed E-state index contributed by atoms with van der Waals surface area (Å²) in [6.07, 6.45) is 6.37. The molecule has 0 spiro atoms. The highest BCUT2D eigenvalue weighted by Crippen LogP contribution is 2.31.